The SMILES string of the molecule is [C-]#[N+]C[C@H]1CN(c2nc(OC[C@@H]3C[C@H](F)CN3C)nc3c2CO[C@H](c2cccc4ccccc24)C3)CCN1C(=O)C=C. The summed E-state index contributed by atoms with van der Waals surface area (Å²) < 4.78 is 26.6. The van der Waals surface area contributed by atoms with Gasteiger partial charge in [0.15, 0.2) is 0 Å². The summed E-state index contributed by atoms with van der Waals surface area (Å²) in [5.74, 6) is 0.528. The standard InChI is InChI=1S/C32H35FN6O3/c1-4-30(40)39-13-12-38(18-24(39)16-34-2)31-27-20-41-29(26-11-7-9-21-8-5-6-10-25(21)26)15-28(27)35-32(36-31)42-19-23-14-22(33)17-37(23)3/h4-11,22-24,29H,1,12-20H2,3H3/t22-,23-,24-,29-/m0/s1. The topological polar surface area (TPSA) is 75.4 Å². The Bertz CT molecular complexity index is 1520. The first-order valence-corrected chi connectivity index (χ1v) is 14.4. The molecule has 218 valence electrons. The second-order valence-corrected chi connectivity index (χ2v) is 11.2. The van der Waals surface area contributed by atoms with Crippen LogP contribution in [0.5, 0.6) is 6.01 Å². The van der Waals surface area contributed by atoms with E-state index >= 15 is 0 Å². The summed E-state index contributed by atoms with van der Waals surface area (Å²) in [6, 6.07) is 14.4. The molecule has 10 heteroatoms. The molecule has 3 aliphatic heterocycles. The van der Waals surface area contributed by atoms with Crippen LogP contribution in [0.4, 0.5) is 10.2 Å². The molecule has 1 aromatic heterocycles. The minimum Gasteiger partial charge on any atom is -0.462 e. The number of alkyl halides is 1. The Hall–Kier alpha value is -4.07. The van der Waals surface area contributed by atoms with Crippen LogP contribution in [0.15, 0.2) is 55.1 Å². The van der Waals surface area contributed by atoms with E-state index in [1.54, 1.807) is 4.90 Å². The van der Waals surface area contributed by atoms with Crippen LogP contribution < -0.4 is 9.64 Å². The van der Waals surface area contributed by atoms with Gasteiger partial charge in [-0.25, -0.2) is 11.0 Å². The number of carbonyl (C=O) groups is 1. The van der Waals surface area contributed by atoms with Crippen LogP contribution in [0.3, 0.4) is 0 Å². The maximum Gasteiger partial charge on any atom is 0.318 e. The number of hydrogen-bond donors (Lipinski definition) is 0. The molecule has 42 heavy (non-hydrogen) atoms. The first kappa shape index (κ1) is 28.1. The third-order valence-corrected chi connectivity index (χ3v) is 8.61. The van der Waals surface area contributed by atoms with Crippen molar-refractivity contribution in [1.82, 2.24) is 19.8 Å². The third kappa shape index (κ3) is 5.54. The molecule has 0 N–H and O–H groups in total. The molecular weight excluding hydrogens is 535 g/mol. The second-order valence-electron chi connectivity index (χ2n) is 11.2. The highest BCUT2D eigenvalue weighted by Gasteiger charge is 2.36. The van der Waals surface area contributed by atoms with Gasteiger partial charge in [-0.2, -0.15) is 9.97 Å². The number of fused-ring (bicyclic) bond motifs is 2. The van der Waals surface area contributed by atoms with Gasteiger partial charge in [0.1, 0.15) is 24.6 Å². The van der Waals surface area contributed by atoms with E-state index < -0.39 is 6.17 Å². The number of ether oxygens (including phenoxy) is 2. The van der Waals surface area contributed by atoms with Crippen LogP contribution in [-0.2, 0) is 22.6 Å². The van der Waals surface area contributed by atoms with Gasteiger partial charge in [0.2, 0.25) is 12.5 Å². The average Bonchev–Trinajstić information content (AvgIpc) is 3.34. The molecule has 0 bridgehead atoms. The Morgan fingerprint density at radius 1 is 1.19 bits per heavy atom. The zero-order valence-electron chi connectivity index (χ0n) is 23.8. The fourth-order valence-electron chi connectivity index (χ4n) is 6.38. The Balaban J connectivity index is 1.32. The quantitative estimate of drug-likeness (QED) is 0.314. The molecule has 6 rings (SSSR count). The van der Waals surface area contributed by atoms with Crippen molar-refractivity contribution in [3.05, 3.63) is 83.4 Å². The average molecular weight is 571 g/mol. The molecular formula is C32H35FN6O3. The van der Waals surface area contributed by atoms with Gasteiger partial charge in [0.25, 0.3) is 0 Å². The monoisotopic (exact) mass is 570 g/mol. The Morgan fingerprint density at radius 2 is 2.02 bits per heavy atom. The zero-order chi connectivity index (χ0) is 29.2. The first-order valence-electron chi connectivity index (χ1n) is 14.4. The van der Waals surface area contributed by atoms with Crippen molar-refractivity contribution >= 4 is 22.5 Å². The summed E-state index contributed by atoms with van der Waals surface area (Å²) in [6.45, 7) is 13.7. The summed E-state index contributed by atoms with van der Waals surface area (Å²) in [5.41, 5.74) is 2.86. The van der Waals surface area contributed by atoms with Crippen molar-refractivity contribution in [1.29, 1.82) is 0 Å². The van der Waals surface area contributed by atoms with E-state index in [1.807, 2.05) is 30.1 Å². The maximum absolute atomic E-state index is 14.0. The highest BCUT2D eigenvalue weighted by atomic mass is 19.1. The number of nitrogens with zero attached hydrogens (tertiary/aromatic N) is 6. The molecule has 3 aliphatic rings. The maximum atomic E-state index is 14.0. The van der Waals surface area contributed by atoms with E-state index in [2.05, 4.69) is 40.6 Å². The van der Waals surface area contributed by atoms with E-state index in [-0.39, 0.29) is 36.7 Å². The number of likely N-dealkylation sites (tertiary alicyclic amines) is 1. The normalized spacial score (nSPS) is 24.3. The molecule has 1 amide bonds. The van der Waals surface area contributed by atoms with Crippen molar-refractivity contribution in [2.45, 2.75) is 43.8 Å². The van der Waals surface area contributed by atoms with Crippen LogP contribution in [0.25, 0.3) is 15.6 Å². The number of piperazine rings is 1. The lowest BCUT2D eigenvalue weighted by molar-refractivity contribution is -0.128. The molecule has 0 aliphatic carbocycles. The predicted molar refractivity (Wildman–Crippen MR) is 158 cm³/mol. The minimum atomic E-state index is -0.865. The number of halogens is 1. The molecule has 4 atom stereocenters. The predicted octanol–water partition coefficient (Wildman–Crippen LogP) is 3.99. The Morgan fingerprint density at radius 3 is 2.81 bits per heavy atom. The molecule has 0 saturated carbocycles. The minimum absolute atomic E-state index is 0.0497. The highest BCUT2D eigenvalue weighted by molar-refractivity contribution is 5.87. The number of benzene rings is 2. The number of anilines is 1. The summed E-state index contributed by atoms with van der Waals surface area (Å²) in [5, 5.41) is 2.30. The van der Waals surface area contributed by atoms with E-state index in [4.69, 9.17) is 26.0 Å². The number of aromatic nitrogens is 2. The molecule has 2 fully saturated rings. The van der Waals surface area contributed by atoms with Gasteiger partial charge in [-0.1, -0.05) is 49.0 Å². The van der Waals surface area contributed by atoms with Gasteiger partial charge in [-0.15, -0.1) is 0 Å². The zero-order valence-corrected chi connectivity index (χ0v) is 23.8. The number of hydrogen-bond acceptors (Lipinski definition) is 7. The lowest BCUT2D eigenvalue weighted by Gasteiger charge is -2.40. The number of carbonyl (C=O) groups excluding carboxylic acids is 1. The van der Waals surface area contributed by atoms with Crippen LogP contribution in [-0.4, -0.2) is 90.3 Å². The molecule has 0 radical (unpaired) electrons. The van der Waals surface area contributed by atoms with Gasteiger partial charge in [0, 0.05) is 44.2 Å². The molecule has 2 saturated heterocycles. The van der Waals surface area contributed by atoms with Gasteiger partial charge >= 0.3 is 6.01 Å². The van der Waals surface area contributed by atoms with Crippen molar-refractivity contribution in [3.63, 3.8) is 0 Å². The number of likely N-dealkylation sites (N-methyl/N-ethyl adjacent to an activating group) is 1. The van der Waals surface area contributed by atoms with E-state index in [0.29, 0.717) is 58.1 Å². The summed E-state index contributed by atoms with van der Waals surface area (Å²) in [6.07, 6.45) is 1.21. The van der Waals surface area contributed by atoms with E-state index in [9.17, 15) is 9.18 Å². The van der Waals surface area contributed by atoms with Crippen molar-refractivity contribution in [2.75, 3.05) is 51.3 Å². The smallest absolute Gasteiger partial charge is 0.318 e. The summed E-state index contributed by atoms with van der Waals surface area (Å²) in [7, 11) is 1.90. The Kier molecular flexibility index (Phi) is 8.05. The second kappa shape index (κ2) is 12.0. The summed E-state index contributed by atoms with van der Waals surface area (Å²) >= 11 is 0. The molecule has 9 nitrogen and oxygen atoms in total. The fraction of sp³-hybridized carbons (Fsp3) is 0.438. The molecule has 2 aromatic carbocycles. The van der Waals surface area contributed by atoms with E-state index in [0.717, 1.165) is 27.6 Å². The van der Waals surface area contributed by atoms with Gasteiger partial charge in [-0.05, 0) is 35.9 Å². The van der Waals surface area contributed by atoms with Crippen LogP contribution >= 0.6 is 0 Å². The Labute approximate surface area is 245 Å². The number of rotatable bonds is 7. The third-order valence-electron chi connectivity index (χ3n) is 8.61. The van der Waals surface area contributed by atoms with Gasteiger partial charge in [0.05, 0.1) is 18.4 Å². The van der Waals surface area contributed by atoms with Crippen LogP contribution in [0, 0.1) is 6.57 Å². The van der Waals surface area contributed by atoms with E-state index in [1.165, 1.54) is 6.08 Å². The largest absolute Gasteiger partial charge is 0.462 e. The summed E-state index contributed by atoms with van der Waals surface area (Å²) in [4.78, 5) is 31.6. The molecule has 0 unspecified atom stereocenters. The van der Waals surface area contributed by atoms with Crippen LogP contribution in [0.1, 0.15) is 29.3 Å². The van der Waals surface area contributed by atoms with Crippen LogP contribution in [0.2, 0.25) is 0 Å². The van der Waals surface area contributed by atoms with Gasteiger partial charge < -0.3 is 24.1 Å². The molecule has 3 aromatic rings. The highest BCUT2D eigenvalue weighted by Crippen LogP contribution is 2.38. The van der Waals surface area contributed by atoms with Crippen molar-refractivity contribution < 1.29 is 18.7 Å². The van der Waals surface area contributed by atoms with Gasteiger partial charge in [-0.3, -0.25) is 9.69 Å². The van der Waals surface area contributed by atoms with Crippen molar-refractivity contribution in [2.24, 2.45) is 0 Å². The first-order chi connectivity index (χ1) is 20.4. The fourth-order valence-corrected chi connectivity index (χ4v) is 6.38. The van der Waals surface area contributed by atoms with Crippen molar-refractivity contribution in [3.8, 4) is 6.01 Å². The molecule has 0 spiro atoms. The molecule has 4 heterocycles. The number of amides is 1. The lowest BCUT2D eigenvalue weighted by Crippen LogP contribution is -2.56. The lowest BCUT2D eigenvalue weighted by atomic mass is 9.94.